The van der Waals surface area contributed by atoms with E-state index in [1.54, 1.807) is 0 Å². The number of ketones is 1. The molecule has 164 valence electrons. The number of amides is 2. The highest BCUT2D eigenvalue weighted by molar-refractivity contribution is 6.06. The van der Waals surface area contributed by atoms with E-state index in [2.05, 4.69) is 17.5 Å². The number of hydrazone groups is 1. The van der Waals surface area contributed by atoms with Crippen molar-refractivity contribution < 1.29 is 24.9 Å². The van der Waals surface area contributed by atoms with Gasteiger partial charge in [-0.15, -0.1) is 0 Å². The van der Waals surface area contributed by atoms with E-state index in [0.717, 1.165) is 18.4 Å². The number of rotatable bonds is 3. The van der Waals surface area contributed by atoms with Crippen molar-refractivity contribution in [3.63, 3.8) is 0 Å². The first-order chi connectivity index (χ1) is 14.1. The fraction of sp³-hybridized carbons (Fsp3) is 0.682. The molecule has 0 spiro atoms. The molecule has 0 aromatic heterocycles. The molecule has 0 radical (unpaired) electrons. The van der Waals surface area contributed by atoms with Gasteiger partial charge < -0.3 is 21.1 Å². The Morgan fingerprint density at radius 2 is 2.07 bits per heavy atom. The van der Waals surface area contributed by atoms with Crippen LogP contribution in [0.1, 0.15) is 46.0 Å². The fourth-order valence-electron chi connectivity index (χ4n) is 7.12. The van der Waals surface area contributed by atoms with Crippen molar-refractivity contribution in [2.45, 2.75) is 57.7 Å². The van der Waals surface area contributed by atoms with Crippen molar-refractivity contribution in [1.29, 1.82) is 0 Å². The summed E-state index contributed by atoms with van der Waals surface area (Å²) in [5.74, 6) is -0.316. The van der Waals surface area contributed by atoms with Crippen LogP contribution in [0.15, 0.2) is 28.9 Å². The quantitative estimate of drug-likeness (QED) is 0.435. The smallest absolute Gasteiger partial charge is 0.332 e. The molecule has 8 nitrogen and oxygen atoms in total. The predicted octanol–water partition coefficient (Wildman–Crippen LogP) is 1.01. The van der Waals surface area contributed by atoms with Crippen LogP contribution in [0.3, 0.4) is 0 Å². The summed E-state index contributed by atoms with van der Waals surface area (Å²) in [5.41, 5.74) is 6.41. The van der Waals surface area contributed by atoms with Crippen LogP contribution in [0.25, 0.3) is 0 Å². The fourth-order valence-corrected chi connectivity index (χ4v) is 7.12. The topological polar surface area (TPSA) is 145 Å². The summed E-state index contributed by atoms with van der Waals surface area (Å²) in [4.78, 5) is 23.4. The van der Waals surface area contributed by atoms with Gasteiger partial charge >= 0.3 is 6.03 Å². The minimum Gasteiger partial charge on any atom is -0.393 e. The molecular formula is C22H31N3O5. The Hall–Kier alpha value is -2.03. The number of fused-ring (bicyclic) bond motifs is 5. The lowest BCUT2D eigenvalue weighted by atomic mass is 9.46. The second kappa shape index (κ2) is 7.00. The summed E-state index contributed by atoms with van der Waals surface area (Å²) in [5, 5.41) is 36.0. The number of aliphatic hydroxyl groups is 3. The van der Waals surface area contributed by atoms with Crippen LogP contribution in [0.5, 0.6) is 0 Å². The maximum absolute atomic E-state index is 12.4. The molecule has 0 bridgehead atoms. The summed E-state index contributed by atoms with van der Waals surface area (Å²) in [6.07, 6.45) is 8.16. The zero-order valence-corrected chi connectivity index (χ0v) is 17.5. The molecule has 0 heterocycles. The average Bonchev–Trinajstić information content (AvgIpc) is 2.96. The highest BCUT2D eigenvalue weighted by Gasteiger charge is 2.67. The number of carbonyl (C=O) groups excluding carboxylic acids is 2. The third kappa shape index (κ3) is 2.81. The number of urea groups is 1. The van der Waals surface area contributed by atoms with Gasteiger partial charge in [0.05, 0.1) is 11.8 Å². The molecule has 6 N–H and O–H groups in total. The van der Waals surface area contributed by atoms with Gasteiger partial charge in [-0.1, -0.05) is 25.5 Å². The number of primary amides is 1. The molecule has 0 aromatic carbocycles. The van der Waals surface area contributed by atoms with E-state index < -0.39 is 35.5 Å². The van der Waals surface area contributed by atoms with E-state index in [-0.39, 0.29) is 23.2 Å². The third-order valence-corrected chi connectivity index (χ3v) is 8.56. The largest absolute Gasteiger partial charge is 0.393 e. The minimum atomic E-state index is -1.59. The number of hydrogen-bond donors (Lipinski definition) is 5. The number of nitrogens with two attached hydrogens (primary N) is 1. The van der Waals surface area contributed by atoms with Gasteiger partial charge in [0.25, 0.3) is 0 Å². The Labute approximate surface area is 175 Å². The van der Waals surface area contributed by atoms with Crippen LogP contribution in [-0.4, -0.2) is 51.2 Å². The van der Waals surface area contributed by atoms with E-state index in [1.807, 2.05) is 25.2 Å². The van der Waals surface area contributed by atoms with Crippen molar-refractivity contribution in [2.24, 2.45) is 39.4 Å². The van der Waals surface area contributed by atoms with Crippen molar-refractivity contribution >= 4 is 17.5 Å². The van der Waals surface area contributed by atoms with Gasteiger partial charge in [0.1, 0.15) is 12.2 Å². The lowest BCUT2D eigenvalue weighted by Crippen LogP contribution is -2.61. The van der Waals surface area contributed by atoms with Gasteiger partial charge in [0.2, 0.25) is 0 Å². The number of aliphatic hydroxyl groups excluding tert-OH is 2. The summed E-state index contributed by atoms with van der Waals surface area (Å²) in [6.45, 7) is 3.34. The Bertz CT molecular complexity index is 867. The molecule has 2 amide bonds. The first-order valence-electron chi connectivity index (χ1n) is 10.6. The Balaban J connectivity index is 1.67. The molecule has 8 heteroatoms. The zero-order valence-electron chi connectivity index (χ0n) is 17.5. The van der Waals surface area contributed by atoms with Gasteiger partial charge in [-0.3, -0.25) is 4.79 Å². The SMILES string of the molecule is C[C@]12C=C/C(=N\NC(N)=O)C=C1CC[C@@H]1[C@@H]2C(O)C[C@@]2(C)[C@H]1CC[C@]2(O)C(=O)CO. The molecule has 4 aliphatic carbocycles. The molecular weight excluding hydrogens is 386 g/mol. The maximum atomic E-state index is 12.4. The van der Waals surface area contributed by atoms with E-state index in [4.69, 9.17) is 5.73 Å². The van der Waals surface area contributed by atoms with Crippen molar-refractivity contribution in [3.8, 4) is 0 Å². The molecule has 3 fully saturated rings. The molecule has 0 aromatic rings. The maximum Gasteiger partial charge on any atom is 0.332 e. The summed E-state index contributed by atoms with van der Waals surface area (Å²) >= 11 is 0. The molecule has 0 aliphatic heterocycles. The number of hydrogen-bond acceptors (Lipinski definition) is 6. The average molecular weight is 418 g/mol. The molecule has 7 atom stereocenters. The molecule has 1 unspecified atom stereocenters. The molecule has 4 rings (SSSR count). The predicted molar refractivity (Wildman–Crippen MR) is 110 cm³/mol. The highest BCUT2D eigenvalue weighted by Crippen LogP contribution is 2.67. The second-order valence-corrected chi connectivity index (χ2v) is 9.80. The van der Waals surface area contributed by atoms with Crippen LogP contribution >= 0.6 is 0 Å². The molecule has 3 saturated carbocycles. The zero-order chi connectivity index (χ0) is 21.9. The summed E-state index contributed by atoms with van der Waals surface area (Å²) in [7, 11) is 0. The monoisotopic (exact) mass is 417 g/mol. The lowest BCUT2D eigenvalue weighted by molar-refractivity contribution is -0.178. The normalized spacial score (nSPS) is 45.9. The van der Waals surface area contributed by atoms with Gasteiger partial charge in [-0.05, 0) is 56.1 Å². The van der Waals surface area contributed by atoms with E-state index >= 15 is 0 Å². The van der Waals surface area contributed by atoms with Crippen LogP contribution in [0.2, 0.25) is 0 Å². The second-order valence-electron chi connectivity index (χ2n) is 9.80. The number of Topliss-reactive ketones (excluding diaryl/α,β-unsaturated/α-hetero) is 1. The van der Waals surface area contributed by atoms with E-state index in [1.165, 1.54) is 0 Å². The standard InChI is InChI=1S/C22H31N3O5/c1-20-7-5-13(24-25-19(23)29)9-12(20)3-4-14-15-6-8-22(30,17(28)11-26)21(15,2)10-16(27)18(14)20/h5,7,9,14-16,18,26-27,30H,3-4,6,8,10-11H2,1-2H3,(H3,23,25,29)/b24-13+/t14-,15-,16?,18+,20-,21-,22-/m0/s1. The molecule has 4 aliphatic rings. The first-order valence-corrected chi connectivity index (χ1v) is 10.6. The van der Waals surface area contributed by atoms with Crippen LogP contribution in [-0.2, 0) is 4.79 Å². The molecule has 0 saturated heterocycles. The minimum absolute atomic E-state index is 0.0379. The van der Waals surface area contributed by atoms with Crippen molar-refractivity contribution in [2.75, 3.05) is 6.61 Å². The highest BCUT2D eigenvalue weighted by atomic mass is 16.3. The third-order valence-electron chi connectivity index (χ3n) is 8.56. The Morgan fingerprint density at radius 3 is 2.73 bits per heavy atom. The van der Waals surface area contributed by atoms with Gasteiger partial charge in [-0.2, -0.15) is 5.10 Å². The number of nitrogens with one attached hydrogen (secondary N) is 1. The number of carbonyl (C=O) groups is 2. The van der Waals surface area contributed by atoms with Gasteiger partial charge in [-0.25, -0.2) is 10.2 Å². The Morgan fingerprint density at radius 1 is 1.33 bits per heavy atom. The molecule has 30 heavy (non-hydrogen) atoms. The number of nitrogens with zero attached hydrogens (tertiary/aromatic N) is 1. The first kappa shape index (κ1) is 21.2. The van der Waals surface area contributed by atoms with Crippen molar-refractivity contribution in [1.82, 2.24) is 5.43 Å². The van der Waals surface area contributed by atoms with Gasteiger partial charge in [0, 0.05) is 16.7 Å². The number of allylic oxidation sites excluding steroid dienone is 4. The van der Waals surface area contributed by atoms with Crippen LogP contribution in [0, 0.1) is 28.6 Å². The summed E-state index contributed by atoms with van der Waals surface area (Å²) < 4.78 is 0. The Kier molecular flexibility index (Phi) is 4.95. The van der Waals surface area contributed by atoms with Crippen LogP contribution < -0.4 is 11.2 Å². The van der Waals surface area contributed by atoms with Crippen LogP contribution in [0.4, 0.5) is 4.79 Å². The van der Waals surface area contributed by atoms with E-state index in [0.29, 0.717) is 25.0 Å². The summed E-state index contributed by atoms with van der Waals surface area (Å²) in [6, 6.07) is -0.723. The van der Waals surface area contributed by atoms with Gasteiger partial charge in [0.15, 0.2) is 5.78 Å². The van der Waals surface area contributed by atoms with Crippen molar-refractivity contribution in [3.05, 3.63) is 23.8 Å². The van der Waals surface area contributed by atoms with E-state index in [9.17, 15) is 24.9 Å². The lowest BCUT2D eigenvalue weighted by Gasteiger charge is -2.59.